The molecule has 0 spiro atoms. The number of carbonyl (C=O) groups excluding carboxylic acids is 2. The van der Waals surface area contributed by atoms with Crippen molar-refractivity contribution >= 4 is 27.7 Å². The van der Waals surface area contributed by atoms with E-state index in [1.807, 2.05) is 0 Å². The van der Waals surface area contributed by atoms with E-state index in [1.165, 1.54) is 0 Å². The number of methoxy groups -OCH3 is 1. The van der Waals surface area contributed by atoms with Crippen LogP contribution in [0.15, 0.2) is 28.7 Å². The van der Waals surface area contributed by atoms with Crippen LogP contribution in [0.4, 0.5) is 0 Å². The largest absolute Gasteiger partial charge is 0.382 e. The summed E-state index contributed by atoms with van der Waals surface area (Å²) in [6, 6.07) is 7.05. The Balaban J connectivity index is 2.12. The molecule has 1 aromatic rings. The van der Waals surface area contributed by atoms with Gasteiger partial charge in [0.05, 0.1) is 13.2 Å². The van der Waals surface area contributed by atoms with E-state index >= 15 is 0 Å². The van der Waals surface area contributed by atoms with Gasteiger partial charge < -0.3 is 20.1 Å². The van der Waals surface area contributed by atoms with Gasteiger partial charge in [-0.3, -0.25) is 9.59 Å². The lowest BCUT2D eigenvalue weighted by Crippen LogP contribution is -2.36. The van der Waals surface area contributed by atoms with Crippen LogP contribution in [0.2, 0.25) is 0 Å². The molecule has 0 unspecified atom stereocenters. The predicted molar refractivity (Wildman–Crippen MR) is 82.2 cm³/mol. The average Bonchev–Trinajstić information content (AvgIpc) is 2.48. The Hall–Kier alpha value is -1.44. The van der Waals surface area contributed by atoms with Crippen molar-refractivity contribution in [2.75, 3.05) is 40.0 Å². The Morgan fingerprint density at radius 2 is 1.76 bits per heavy atom. The summed E-state index contributed by atoms with van der Waals surface area (Å²) in [5, 5.41) is 5.37. The second kappa shape index (κ2) is 10.3. The summed E-state index contributed by atoms with van der Waals surface area (Å²) in [5.74, 6) is -0.392. The molecule has 0 saturated carbocycles. The van der Waals surface area contributed by atoms with Gasteiger partial charge in [0.1, 0.15) is 6.61 Å². The summed E-state index contributed by atoms with van der Waals surface area (Å²) in [4.78, 5) is 23.1. The molecule has 2 N–H and O–H groups in total. The van der Waals surface area contributed by atoms with E-state index in [9.17, 15) is 9.59 Å². The summed E-state index contributed by atoms with van der Waals surface area (Å²) in [6.45, 7) is 1.54. The summed E-state index contributed by atoms with van der Waals surface area (Å²) in [7, 11) is 1.57. The summed E-state index contributed by atoms with van der Waals surface area (Å²) in [6.07, 6.45) is 0. The monoisotopic (exact) mass is 358 g/mol. The normalized spacial score (nSPS) is 10.2. The number of rotatable bonds is 9. The van der Waals surface area contributed by atoms with Gasteiger partial charge in [-0.25, -0.2) is 0 Å². The van der Waals surface area contributed by atoms with Crippen molar-refractivity contribution in [2.45, 2.75) is 0 Å². The zero-order valence-corrected chi connectivity index (χ0v) is 13.4. The second-order valence-electron chi connectivity index (χ2n) is 4.16. The quantitative estimate of drug-likeness (QED) is 0.644. The maximum atomic E-state index is 11.8. The van der Waals surface area contributed by atoms with E-state index in [-0.39, 0.29) is 18.4 Å². The van der Waals surface area contributed by atoms with Crippen molar-refractivity contribution in [1.82, 2.24) is 10.6 Å². The van der Waals surface area contributed by atoms with Crippen LogP contribution in [0, 0.1) is 0 Å². The average molecular weight is 359 g/mol. The highest BCUT2D eigenvalue weighted by Gasteiger charge is 2.05. The molecular weight excluding hydrogens is 340 g/mol. The molecule has 116 valence electrons. The fraction of sp³-hybridized carbons (Fsp3) is 0.429. The van der Waals surface area contributed by atoms with Crippen LogP contribution in [0.1, 0.15) is 10.4 Å². The van der Waals surface area contributed by atoms with Crippen molar-refractivity contribution in [1.29, 1.82) is 0 Å². The van der Waals surface area contributed by atoms with Gasteiger partial charge in [0.15, 0.2) is 0 Å². The zero-order valence-electron chi connectivity index (χ0n) is 11.9. The molecule has 0 aromatic heterocycles. The van der Waals surface area contributed by atoms with Gasteiger partial charge in [0, 0.05) is 30.2 Å². The van der Waals surface area contributed by atoms with Crippen molar-refractivity contribution in [3.05, 3.63) is 34.3 Å². The van der Waals surface area contributed by atoms with Crippen LogP contribution in [0.3, 0.4) is 0 Å². The molecule has 0 fully saturated rings. The second-order valence-corrected chi connectivity index (χ2v) is 5.07. The molecular formula is C14H19BrN2O4. The minimum atomic E-state index is -0.219. The van der Waals surface area contributed by atoms with Crippen LogP contribution >= 0.6 is 15.9 Å². The topological polar surface area (TPSA) is 76.7 Å². The number of carbonyl (C=O) groups is 2. The minimum Gasteiger partial charge on any atom is -0.382 e. The van der Waals surface area contributed by atoms with Gasteiger partial charge in [-0.05, 0) is 24.3 Å². The van der Waals surface area contributed by atoms with Crippen molar-refractivity contribution in [3.63, 3.8) is 0 Å². The first-order chi connectivity index (χ1) is 10.1. The van der Waals surface area contributed by atoms with E-state index < -0.39 is 0 Å². The highest BCUT2D eigenvalue weighted by atomic mass is 79.9. The molecule has 0 aliphatic carbocycles. The molecule has 0 radical (unpaired) electrons. The fourth-order valence-corrected chi connectivity index (χ4v) is 1.70. The fourth-order valence-electron chi connectivity index (χ4n) is 1.44. The standard InChI is InChI=1S/C14H19BrN2O4/c1-20-8-9-21-10-13(18)16-6-7-17-14(19)11-2-4-12(15)5-3-11/h2-5H,6-10H2,1H3,(H,16,18)(H,17,19). The van der Waals surface area contributed by atoms with Gasteiger partial charge in [-0.1, -0.05) is 15.9 Å². The molecule has 7 heteroatoms. The summed E-state index contributed by atoms with van der Waals surface area (Å²) in [5.41, 5.74) is 0.576. The van der Waals surface area contributed by atoms with Crippen LogP contribution < -0.4 is 10.6 Å². The molecule has 0 bridgehead atoms. The van der Waals surface area contributed by atoms with Gasteiger partial charge in [0.2, 0.25) is 5.91 Å². The first-order valence-electron chi connectivity index (χ1n) is 6.50. The zero-order chi connectivity index (χ0) is 15.5. The molecule has 2 amide bonds. The lowest BCUT2D eigenvalue weighted by Gasteiger charge is -2.07. The Labute approximate surface area is 132 Å². The Morgan fingerprint density at radius 1 is 1.10 bits per heavy atom. The summed E-state index contributed by atoms with van der Waals surface area (Å²) < 4.78 is 10.8. The Bertz CT molecular complexity index is 451. The van der Waals surface area contributed by atoms with Crippen LogP contribution in [-0.2, 0) is 14.3 Å². The first kappa shape index (κ1) is 17.6. The number of hydrogen-bond donors (Lipinski definition) is 2. The van der Waals surface area contributed by atoms with Gasteiger partial charge in [0.25, 0.3) is 5.91 Å². The van der Waals surface area contributed by atoms with Gasteiger partial charge in [-0.2, -0.15) is 0 Å². The molecule has 0 saturated heterocycles. The minimum absolute atomic E-state index is 0.00990. The van der Waals surface area contributed by atoms with Crippen LogP contribution in [0.5, 0.6) is 0 Å². The Kier molecular flexibility index (Phi) is 8.65. The molecule has 21 heavy (non-hydrogen) atoms. The van der Waals surface area contributed by atoms with E-state index in [0.29, 0.717) is 31.9 Å². The molecule has 0 atom stereocenters. The van der Waals surface area contributed by atoms with Crippen molar-refractivity contribution in [3.8, 4) is 0 Å². The molecule has 6 nitrogen and oxygen atoms in total. The lowest BCUT2D eigenvalue weighted by atomic mass is 10.2. The first-order valence-corrected chi connectivity index (χ1v) is 7.30. The van der Waals surface area contributed by atoms with E-state index in [4.69, 9.17) is 9.47 Å². The maximum Gasteiger partial charge on any atom is 0.251 e. The van der Waals surface area contributed by atoms with Crippen molar-refractivity contribution < 1.29 is 19.1 Å². The van der Waals surface area contributed by atoms with Gasteiger partial charge >= 0.3 is 0 Å². The van der Waals surface area contributed by atoms with Crippen molar-refractivity contribution in [2.24, 2.45) is 0 Å². The van der Waals surface area contributed by atoms with E-state index in [2.05, 4.69) is 26.6 Å². The third kappa shape index (κ3) is 7.79. The highest BCUT2D eigenvalue weighted by Crippen LogP contribution is 2.10. The predicted octanol–water partition coefficient (Wildman–Crippen LogP) is 0.958. The highest BCUT2D eigenvalue weighted by molar-refractivity contribution is 9.10. The third-order valence-corrected chi connectivity index (χ3v) is 3.03. The third-order valence-electron chi connectivity index (χ3n) is 2.50. The molecule has 0 aliphatic rings. The number of hydrogen-bond acceptors (Lipinski definition) is 4. The number of nitrogens with one attached hydrogen (secondary N) is 2. The smallest absolute Gasteiger partial charge is 0.251 e. The van der Waals surface area contributed by atoms with E-state index in [0.717, 1.165) is 4.47 Å². The SMILES string of the molecule is COCCOCC(=O)NCCNC(=O)c1ccc(Br)cc1. The summed E-state index contributed by atoms with van der Waals surface area (Å²) >= 11 is 3.31. The Morgan fingerprint density at radius 3 is 2.43 bits per heavy atom. The molecule has 0 heterocycles. The number of amides is 2. The van der Waals surface area contributed by atoms with E-state index in [1.54, 1.807) is 31.4 Å². The lowest BCUT2D eigenvalue weighted by molar-refractivity contribution is -0.126. The van der Waals surface area contributed by atoms with Crippen LogP contribution in [0.25, 0.3) is 0 Å². The maximum absolute atomic E-state index is 11.8. The number of halogens is 1. The number of ether oxygens (including phenoxy) is 2. The molecule has 1 aromatic carbocycles. The molecule has 0 aliphatic heterocycles. The molecule has 1 rings (SSSR count). The van der Waals surface area contributed by atoms with Crippen LogP contribution in [-0.4, -0.2) is 51.8 Å². The number of benzene rings is 1. The van der Waals surface area contributed by atoms with Gasteiger partial charge in [-0.15, -0.1) is 0 Å².